The molecule has 0 radical (unpaired) electrons. The van der Waals surface area contributed by atoms with Crippen LogP contribution in [0.5, 0.6) is 5.75 Å². The average Bonchev–Trinajstić information content (AvgIpc) is 2.66. The Morgan fingerprint density at radius 1 is 1.07 bits per heavy atom. The molecule has 2 aromatic rings. The number of anilines is 1. The second-order valence-electron chi connectivity index (χ2n) is 7.31. The number of hydrogen-bond acceptors (Lipinski definition) is 3. The van der Waals surface area contributed by atoms with Crippen molar-refractivity contribution in [3.05, 3.63) is 59.2 Å². The maximum Gasteiger partial charge on any atom is 0.319 e. The first-order valence-electron chi connectivity index (χ1n) is 9.36. The highest BCUT2D eigenvalue weighted by Gasteiger charge is 2.34. The first-order chi connectivity index (χ1) is 13.0. The number of nitrogens with one attached hydrogen (secondary N) is 2. The summed E-state index contributed by atoms with van der Waals surface area (Å²) in [5, 5.41) is 6.02. The quantitative estimate of drug-likeness (QED) is 0.832. The van der Waals surface area contributed by atoms with Gasteiger partial charge in [-0.3, -0.25) is 0 Å². The van der Waals surface area contributed by atoms with Crippen LogP contribution >= 0.6 is 0 Å². The predicted octanol–water partition coefficient (Wildman–Crippen LogP) is 4.18. The number of aryl methyl sites for hydroxylation is 2. The molecule has 144 valence electrons. The Morgan fingerprint density at radius 3 is 2.30 bits per heavy atom. The third-order valence-corrected chi connectivity index (χ3v) is 5.22. The molecule has 5 heteroatoms. The molecule has 2 aromatic carbocycles. The smallest absolute Gasteiger partial charge is 0.319 e. The van der Waals surface area contributed by atoms with E-state index in [4.69, 9.17) is 9.47 Å². The van der Waals surface area contributed by atoms with Gasteiger partial charge in [-0.15, -0.1) is 0 Å². The Hall–Kier alpha value is -2.53. The van der Waals surface area contributed by atoms with E-state index >= 15 is 0 Å². The van der Waals surface area contributed by atoms with Crippen molar-refractivity contribution in [2.75, 3.05) is 32.2 Å². The molecule has 5 nitrogen and oxygen atoms in total. The molecule has 0 aliphatic carbocycles. The number of ether oxygens (including phenoxy) is 2. The van der Waals surface area contributed by atoms with Gasteiger partial charge in [-0.25, -0.2) is 4.79 Å². The van der Waals surface area contributed by atoms with Crippen LogP contribution in [0.4, 0.5) is 10.5 Å². The molecule has 1 saturated heterocycles. The zero-order valence-electron chi connectivity index (χ0n) is 16.3. The lowest BCUT2D eigenvalue weighted by Crippen LogP contribution is -2.45. The molecule has 2 N–H and O–H groups in total. The summed E-state index contributed by atoms with van der Waals surface area (Å²) in [6.07, 6.45) is 1.76. The van der Waals surface area contributed by atoms with Gasteiger partial charge >= 0.3 is 6.03 Å². The Morgan fingerprint density at radius 2 is 1.70 bits per heavy atom. The molecule has 1 fully saturated rings. The number of amides is 2. The number of carbonyl (C=O) groups is 1. The van der Waals surface area contributed by atoms with Crippen molar-refractivity contribution in [1.82, 2.24) is 5.32 Å². The molecule has 1 aliphatic heterocycles. The van der Waals surface area contributed by atoms with Crippen LogP contribution in [-0.2, 0) is 10.2 Å². The van der Waals surface area contributed by atoms with Crippen molar-refractivity contribution < 1.29 is 14.3 Å². The van der Waals surface area contributed by atoms with Gasteiger partial charge in [-0.05, 0) is 67.6 Å². The molecule has 1 aliphatic rings. The van der Waals surface area contributed by atoms with Crippen molar-refractivity contribution in [1.29, 1.82) is 0 Å². The van der Waals surface area contributed by atoms with E-state index in [-0.39, 0.29) is 11.4 Å². The van der Waals surface area contributed by atoms with E-state index in [1.165, 1.54) is 5.56 Å². The largest absolute Gasteiger partial charge is 0.497 e. The first-order valence-corrected chi connectivity index (χ1v) is 9.36. The van der Waals surface area contributed by atoms with E-state index in [0.29, 0.717) is 19.8 Å². The summed E-state index contributed by atoms with van der Waals surface area (Å²) in [5.74, 6) is 0.835. The van der Waals surface area contributed by atoms with E-state index in [9.17, 15) is 4.79 Å². The Labute approximate surface area is 161 Å². The molecule has 0 bridgehead atoms. The van der Waals surface area contributed by atoms with E-state index in [2.05, 4.69) is 28.8 Å². The summed E-state index contributed by atoms with van der Waals surface area (Å²) in [6.45, 7) is 6.02. The molecule has 0 spiro atoms. The number of benzene rings is 2. The van der Waals surface area contributed by atoms with Crippen LogP contribution in [0.3, 0.4) is 0 Å². The molecule has 0 aromatic heterocycles. The number of urea groups is 1. The van der Waals surface area contributed by atoms with Crippen molar-refractivity contribution >= 4 is 11.7 Å². The van der Waals surface area contributed by atoms with Crippen molar-refractivity contribution in [2.24, 2.45) is 0 Å². The first kappa shape index (κ1) is 19.2. The molecule has 3 rings (SSSR count). The van der Waals surface area contributed by atoms with Crippen LogP contribution in [0.1, 0.15) is 29.5 Å². The molecule has 27 heavy (non-hydrogen) atoms. The van der Waals surface area contributed by atoms with Gasteiger partial charge in [0.2, 0.25) is 0 Å². The van der Waals surface area contributed by atoms with Crippen molar-refractivity contribution in [2.45, 2.75) is 32.1 Å². The predicted molar refractivity (Wildman–Crippen MR) is 108 cm³/mol. The van der Waals surface area contributed by atoms with Crippen LogP contribution in [0, 0.1) is 13.8 Å². The molecule has 0 saturated carbocycles. The van der Waals surface area contributed by atoms with Crippen LogP contribution in [0.2, 0.25) is 0 Å². The van der Waals surface area contributed by atoms with Gasteiger partial charge in [0.05, 0.1) is 7.11 Å². The van der Waals surface area contributed by atoms with Gasteiger partial charge in [0.25, 0.3) is 0 Å². The summed E-state index contributed by atoms with van der Waals surface area (Å²) in [7, 11) is 1.66. The van der Waals surface area contributed by atoms with E-state index < -0.39 is 0 Å². The fourth-order valence-electron chi connectivity index (χ4n) is 3.75. The van der Waals surface area contributed by atoms with E-state index in [1.807, 2.05) is 38.1 Å². The zero-order chi connectivity index (χ0) is 19.3. The maximum atomic E-state index is 12.5. The summed E-state index contributed by atoms with van der Waals surface area (Å²) in [6, 6.07) is 14.0. The minimum atomic E-state index is -0.181. The molecular weight excluding hydrogens is 340 g/mol. The van der Waals surface area contributed by atoms with Gasteiger partial charge in [0.15, 0.2) is 0 Å². The van der Waals surface area contributed by atoms with E-state index in [1.54, 1.807) is 7.11 Å². The standard InChI is InChI=1S/C22H28N2O3/c1-16-12-17(2)14-19(13-16)24-21(25)23-15-22(8-10-27-11-9-22)18-4-6-20(26-3)7-5-18/h4-7,12-14H,8-11,15H2,1-3H3,(H2,23,24,25). The Bertz CT molecular complexity index is 760. The van der Waals surface area contributed by atoms with Crippen LogP contribution < -0.4 is 15.4 Å². The molecule has 0 atom stereocenters. The average molecular weight is 368 g/mol. The van der Waals surface area contributed by atoms with Crippen LogP contribution in [0.15, 0.2) is 42.5 Å². The monoisotopic (exact) mass is 368 g/mol. The number of methoxy groups -OCH3 is 1. The third kappa shape index (κ3) is 4.80. The fourth-order valence-corrected chi connectivity index (χ4v) is 3.75. The summed E-state index contributed by atoms with van der Waals surface area (Å²) >= 11 is 0. The lowest BCUT2D eigenvalue weighted by molar-refractivity contribution is 0.0508. The van der Waals surface area contributed by atoms with Gasteiger partial charge in [0, 0.05) is 30.9 Å². The highest BCUT2D eigenvalue weighted by molar-refractivity contribution is 5.89. The third-order valence-electron chi connectivity index (χ3n) is 5.22. The molecule has 0 unspecified atom stereocenters. The van der Waals surface area contributed by atoms with Gasteiger partial charge in [-0.2, -0.15) is 0 Å². The Balaban J connectivity index is 1.69. The second kappa shape index (κ2) is 8.44. The van der Waals surface area contributed by atoms with Crippen LogP contribution in [-0.4, -0.2) is 32.9 Å². The normalized spacial score (nSPS) is 15.8. The second-order valence-corrected chi connectivity index (χ2v) is 7.31. The summed E-state index contributed by atoms with van der Waals surface area (Å²) < 4.78 is 10.8. The molecule has 2 amide bonds. The summed E-state index contributed by atoms with van der Waals surface area (Å²) in [4.78, 5) is 12.5. The SMILES string of the molecule is COc1ccc(C2(CNC(=O)Nc3cc(C)cc(C)c3)CCOCC2)cc1. The number of rotatable bonds is 5. The van der Waals surface area contributed by atoms with Crippen molar-refractivity contribution in [3.8, 4) is 5.75 Å². The molecule has 1 heterocycles. The zero-order valence-corrected chi connectivity index (χ0v) is 16.3. The lowest BCUT2D eigenvalue weighted by atomic mass is 9.74. The van der Waals surface area contributed by atoms with E-state index in [0.717, 1.165) is 35.4 Å². The highest BCUT2D eigenvalue weighted by atomic mass is 16.5. The fraction of sp³-hybridized carbons (Fsp3) is 0.409. The number of carbonyl (C=O) groups excluding carboxylic acids is 1. The maximum absolute atomic E-state index is 12.5. The van der Waals surface area contributed by atoms with Crippen molar-refractivity contribution in [3.63, 3.8) is 0 Å². The highest BCUT2D eigenvalue weighted by Crippen LogP contribution is 2.35. The van der Waals surface area contributed by atoms with Crippen LogP contribution in [0.25, 0.3) is 0 Å². The minimum absolute atomic E-state index is 0.121. The number of hydrogen-bond donors (Lipinski definition) is 2. The van der Waals surface area contributed by atoms with Gasteiger partial charge < -0.3 is 20.1 Å². The van der Waals surface area contributed by atoms with Gasteiger partial charge in [0.1, 0.15) is 5.75 Å². The molecular formula is C22H28N2O3. The minimum Gasteiger partial charge on any atom is -0.497 e. The lowest BCUT2D eigenvalue weighted by Gasteiger charge is -2.38. The topological polar surface area (TPSA) is 59.6 Å². The Kier molecular flexibility index (Phi) is 6.01. The van der Waals surface area contributed by atoms with Gasteiger partial charge in [-0.1, -0.05) is 18.2 Å². The summed E-state index contributed by atoms with van der Waals surface area (Å²) in [5.41, 5.74) is 4.16.